The second kappa shape index (κ2) is 5.94. The van der Waals surface area contributed by atoms with E-state index in [4.69, 9.17) is 11.6 Å². The van der Waals surface area contributed by atoms with Crippen LogP contribution in [0.5, 0.6) is 0 Å². The van der Waals surface area contributed by atoms with Gasteiger partial charge < -0.3 is 5.32 Å². The second-order valence-electron chi connectivity index (χ2n) is 3.75. The van der Waals surface area contributed by atoms with Gasteiger partial charge in [0.05, 0.1) is 10.7 Å². The fraction of sp³-hybridized carbons (Fsp3) is 0. The van der Waals surface area contributed by atoms with Crippen LogP contribution in [0.1, 0.15) is 10.4 Å². The number of thiol groups is 1. The molecule has 6 heteroatoms. The average Bonchev–Trinajstić information content (AvgIpc) is 2.33. The number of anilines is 1. The minimum absolute atomic E-state index is 0.127. The molecule has 0 bridgehead atoms. The van der Waals surface area contributed by atoms with Crippen molar-refractivity contribution in [3.63, 3.8) is 0 Å². The molecule has 0 aliphatic carbocycles. The van der Waals surface area contributed by atoms with Crippen LogP contribution in [0.4, 0.5) is 10.1 Å². The van der Waals surface area contributed by atoms with Crippen LogP contribution in [0.25, 0.3) is 0 Å². The van der Waals surface area contributed by atoms with Gasteiger partial charge in [0.15, 0.2) is 0 Å². The van der Waals surface area contributed by atoms with Crippen LogP contribution in [0.15, 0.2) is 45.8 Å². The zero-order valence-electron chi connectivity index (χ0n) is 9.45. The SMILES string of the molecule is O=C(Nc1c(Cl)cc(F)cc1Br)c1cccc(S)c1. The van der Waals surface area contributed by atoms with Crippen molar-refractivity contribution in [1.29, 1.82) is 0 Å². The van der Waals surface area contributed by atoms with Crippen molar-refractivity contribution in [3.8, 4) is 0 Å². The van der Waals surface area contributed by atoms with E-state index in [9.17, 15) is 9.18 Å². The Morgan fingerprint density at radius 1 is 1.32 bits per heavy atom. The Kier molecular flexibility index (Phi) is 4.50. The third-order valence-electron chi connectivity index (χ3n) is 2.35. The number of nitrogens with one attached hydrogen (secondary N) is 1. The van der Waals surface area contributed by atoms with Crippen molar-refractivity contribution in [2.24, 2.45) is 0 Å². The number of carbonyl (C=O) groups excluding carboxylic acids is 1. The van der Waals surface area contributed by atoms with Crippen LogP contribution < -0.4 is 5.32 Å². The molecule has 19 heavy (non-hydrogen) atoms. The largest absolute Gasteiger partial charge is 0.320 e. The van der Waals surface area contributed by atoms with E-state index in [0.29, 0.717) is 20.6 Å². The number of hydrogen-bond acceptors (Lipinski definition) is 2. The number of rotatable bonds is 2. The van der Waals surface area contributed by atoms with Gasteiger partial charge in [0.2, 0.25) is 0 Å². The van der Waals surface area contributed by atoms with Crippen LogP contribution in [0.2, 0.25) is 5.02 Å². The lowest BCUT2D eigenvalue weighted by molar-refractivity contribution is 0.102. The first-order valence-corrected chi connectivity index (χ1v) is 6.84. The smallest absolute Gasteiger partial charge is 0.255 e. The summed E-state index contributed by atoms with van der Waals surface area (Å²) in [6.07, 6.45) is 0. The van der Waals surface area contributed by atoms with E-state index in [0.717, 1.165) is 6.07 Å². The molecule has 0 saturated carbocycles. The third-order valence-corrected chi connectivity index (χ3v) is 3.56. The van der Waals surface area contributed by atoms with E-state index in [-0.39, 0.29) is 10.9 Å². The number of carbonyl (C=O) groups is 1. The second-order valence-corrected chi connectivity index (χ2v) is 5.53. The molecule has 2 rings (SSSR count). The van der Waals surface area contributed by atoms with Crippen molar-refractivity contribution >= 4 is 51.8 Å². The maximum Gasteiger partial charge on any atom is 0.255 e. The van der Waals surface area contributed by atoms with Gasteiger partial charge in [-0.15, -0.1) is 12.6 Å². The molecule has 1 amide bonds. The summed E-state index contributed by atoms with van der Waals surface area (Å²) in [5.74, 6) is -0.822. The normalized spacial score (nSPS) is 10.3. The molecule has 2 nitrogen and oxygen atoms in total. The maximum atomic E-state index is 13.1. The Morgan fingerprint density at radius 2 is 2.05 bits per heavy atom. The van der Waals surface area contributed by atoms with Gasteiger partial charge >= 0.3 is 0 Å². The van der Waals surface area contributed by atoms with Gasteiger partial charge in [-0.1, -0.05) is 17.7 Å². The summed E-state index contributed by atoms with van der Waals surface area (Å²) in [5.41, 5.74) is 0.775. The Balaban J connectivity index is 2.29. The molecule has 1 N–H and O–H groups in total. The molecule has 0 radical (unpaired) electrons. The van der Waals surface area contributed by atoms with Crippen LogP contribution in [0.3, 0.4) is 0 Å². The standard InChI is InChI=1S/C13H8BrClFNOS/c14-10-5-8(16)6-11(15)12(10)17-13(18)7-2-1-3-9(19)4-7/h1-6,19H,(H,17,18). The highest BCUT2D eigenvalue weighted by Gasteiger charge is 2.13. The summed E-state index contributed by atoms with van der Waals surface area (Å²) >= 11 is 13.2. The van der Waals surface area contributed by atoms with Gasteiger partial charge in [-0.05, 0) is 46.3 Å². The first-order chi connectivity index (χ1) is 8.97. The molecule has 2 aromatic carbocycles. The minimum Gasteiger partial charge on any atom is -0.320 e. The van der Waals surface area contributed by atoms with Gasteiger partial charge in [0.1, 0.15) is 5.82 Å². The van der Waals surface area contributed by atoms with Crippen LogP contribution in [0, 0.1) is 5.82 Å². The highest BCUT2D eigenvalue weighted by molar-refractivity contribution is 9.10. The van der Waals surface area contributed by atoms with Gasteiger partial charge in [0.25, 0.3) is 5.91 Å². The quantitative estimate of drug-likeness (QED) is 0.741. The van der Waals surface area contributed by atoms with Gasteiger partial charge in [-0.25, -0.2) is 4.39 Å². The number of amides is 1. The summed E-state index contributed by atoms with van der Waals surface area (Å²) in [6, 6.07) is 9.14. The Hall–Kier alpha value is -1.04. The van der Waals surface area contributed by atoms with E-state index in [2.05, 4.69) is 33.9 Å². The summed E-state index contributed by atoms with van der Waals surface area (Å²) in [4.78, 5) is 12.7. The molecule has 0 aliphatic heterocycles. The van der Waals surface area contributed by atoms with Crippen molar-refractivity contribution in [2.45, 2.75) is 4.90 Å². The van der Waals surface area contributed by atoms with Crippen LogP contribution >= 0.6 is 40.2 Å². The molecule has 2 aromatic rings. The van der Waals surface area contributed by atoms with Gasteiger partial charge in [-0.2, -0.15) is 0 Å². The van der Waals surface area contributed by atoms with Crippen molar-refractivity contribution < 1.29 is 9.18 Å². The first kappa shape index (κ1) is 14.4. The van der Waals surface area contributed by atoms with Gasteiger partial charge in [-0.3, -0.25) is 4.79 Å². The van der Waals surface area contributed by atoms with Crippen LogP contribution in [-0.2, 0) is 0 Å². The molecular weight excluding hydrogens is 353 g/mol. The summed E-state index contributed by atoms with van der Waals surface area (Å²) in [5, 5.41) is 2.76. The topological polar surface area (TPSA) is 29.1 Å². The highest BCUT2D eigenvalue weighted by Crippen LogP contribution is 2.32. The number of benzene rings is 2. The summed E-state index contributed by atoms with van der Waals surface area (Å²) < 4.78 is 13.5. The monoisotopic (exact) mass is 359 g/mol. The van der Waals surface area contributed by atoms with Crippen molar-refractivity contribution in [1.82, 2.24) is 0 Å². The molecule has 0 unspecified atom stereocenters. The molecule has 0 saturated heterocycles. The lowest BCUT2D eigenvalue weighted by Crippen LogP contribution is -2.12. The third kappa shape index (κ3) is 3.49. The van der Waals surface area contributed by atoms with E-state index < -0.39 is 5.82 Å². The summed E-state index contributed by atoms with van der Waals surface area (Å²) in [7, 11) is 0. The number of hydrogen-bond donors (Lipinski definition) is 2. The fourth-order valence-electron chi connectivity index (χ4n) is 1.49. The van der Waals surface area contributed by atoms with E-state index in [1.807, 2.05) is 0 Å². The molecule has 0 aliphatic rings. The van der Waals surface area contributed by atoms with E-state index in [1.165, 1.54) is 6.07 Å². The molecule has 0 spiro atoms. The Labute approximate surface area is 128 Å². The van der Waals surface area contributed by atoms with Crippen LogP contribution in [-0.4, -0.2) is 5.91 Å². The molecule has 0 aromatic heterocycles. The molecular formula is C13H8BrClFNOS. The lowest BCUT2D eigenvalue weighted by Gasteiger charge is -2.10. The molecule has 0 atom stereocenters. The molecule has 98 valence electrons. The van der Waals surface area contributed by atoms with E-state index in [1.54, 1.807) is 24.3 Å². The van der Waals surface area contributed by atoms with Crippen molar-refractivity contribution in [3.05, 3.63) is 57.3 Å². The Morgan fingerprint density at radius 3 is 2.68 bits per heavy atom. The predicted octanol–water partition coefficient (Wildman–Crippen LogP) is 4.78. The molecule has 0 fully saturated rings. The summed E-state index contributed by atoms with van der Waals surface area (Å²) in [6.45, 7) is 0. The first-order valence-electron chi connectivity index (χ1n) is 5.22. The van der Waals surface area contributed by atoms with Gasteiger partial charge in [0, 0.05) is 14.9 Å². The average molecular weight is 361 g/mol. The minimum atomic E-state index is -0.479. The highest BCUT2D eigenvalue weighted by atomic mass is 79.9. The zero-order chi connectivity index (χ0) is 14.0. The molecule has 0 heterocycles. The van der Waals surface area contributed by atoms with Crippen molar-refractivity contribution in [2.75, 3.05) is 5.32 Å². The fourth-order valence-corrected chi connectivity index (χ4v) is 2.62. The Bertz CT molecular complexity index is 627. The van der Waals surface area contributed by atoms with E-state index >= 15 is 0 Å². The number of halogens is 3. The lowest BCUT2D eigenvalue weighted by atomic mass is 10.2. The predicted molar refractivity (Wildman–Crippen MR) is 80.8 cm³/mol. The zero-order valence-corrected chi connectivity index (χ0v) is 12.7. The maximum absolute atomic E-state index is 13.1.